The average molecular weight is 325 g/mol. The molecule has 0 saturated heterocycles. The molecule has 0 bridgehead atoms. The number of halogens is 2. The molecular formula is C16H17F2NO2S. The molecule has 0 unspecified atom stereocenters. The van der Waals surface area contributed by atoms with E-state index in [0.717, 1.165) is 11.1 Å². The molecule has 22 heavy (non-hydrogen) atoms. The summed E-state index contributed by atoms with van der Waals surface area (Å²) >= 11 is 1.60. The number of hydrogen-bond donors (Lipinski definition) is 1. The maximum atomic E-state index is 12.2. The molecule has 0 radical (unpaired) electrons. The molecule has 0 aliphatic heterocycles. The molecule has 1 heterocycles. The molecule has 0 aliphatic rings. The summed E-state index contributed by atoms with van der Waals surface area (Å²) in [6.45, 7) is -1.05. The van der Waals surface area contributed by atoms with Crippen molar-refractivity contribution in [1.82, 2.24) is 5.32 Å². The zero-order valence-electron chi connectivity index (χ0n) is 12.1. The minimum absolute atomic E-state index is 0.0705. The van der Waals surface area contributed by atoms with E-state index in [1.54, 1.807) is 23.5 Å². The Labute approximate surface area is 131 Å². The first-order valence-electron chi connectivity index (χ1n) is 6.90. The number of aryl methyl sites for hydroxylation is 1. The van der Waals surface area contributed by atoms with Crippen LogP contribution in [0, 0.1) is 0 Å². The van der Waals surface area contributed by atoms with Gasteiger partial charge in [-0.3, -0.25) is 4.79 Å². The maximum absolute atomic E-state index is 12.2. The fourth-order valence-electron chi connectivity index (χ4n) is 2.05. The monoisotopic (exact) mass is 325 g/mol. The number of carbonyl (C=O) groups is 1. The molecule has 1 aromatic heterocycles. The fourth-order valence-corrected chi connectivity index (χ4v) is 2.75. The number of nitrogens with one attached hydrogen (secondary N) is 1. The van der Waals surface area contributed by atoms with E-state index in [4.69, 9.17) is 0 Å². The molecular weight excluding hydrogens is 308 g/mol. The number of carbonyl (C=O) groups excluding carboxylic acids is 1. The van der Waals surface area contributed by atoms with Gasteiger partial charge < -0.3 is 10.1 Å². The van der Waals surface area contributed by atoms with E-state index in [1.807, 2.05) is 23.8 Å². The van der Waals surface area contributed by atoms with Crippen molar-refractivity contribution in [3.63, 3.8) is 0 Å². The Morgan fingerprint density at radius 3 is 2.86 bits per heavy atom. The maximum Gasteiger partial charge on any atom is 0.387 e. The third-order valence-corrected chi connectivity index (χ3v) is 3.91. The van der Waals surface area contributed by atoms with Gasteiger partial charge in [0.25, 0.3) is 0 Å². The molecule has 0 spiro atoms. The van der Waals surface area contributed by atoms with E-state index in [9.17, 15) is 13.6 Å². The normalized spacial score (nSPS) is 12.2. The van der Waals surface area contributed by atoms with Crippen molar-refractivity contribution >= 4 is 17.2 Å². The summed E-state index contributed by atoms with van der Waals surface area (Å²) in [7, 11) is 0. The first-order chi connectivity index (χ1) is 10.5. The van der Waals surface area contributed by atoms with Crippen LogP contribution < -0.4 is 10.1 Å². The van der Waals surface area contributed by atoms with Crippen LogP contribution in [0.25, 0.3) is 0 Å². The van der Waals surface area contributed by atoms with E-state index in [0.29, 0.717) is 12.8 Å². The van der Waals surface area contributed by atoms with Crippen molar-refractivity contribution in [2.75, 3.05) is 0 Å². The molecule has 118 valence electrons. The minimum atomic E-state index is -2.86. The van der Waals surface area contributed by atoms with Crippen LogP contribution in [-0.2, 0) is 11.2 Å². The number of benzene rings is 1. The Balaban J connectivity index is 1.88. The highest BCUT2D eigenvalue weighted by molar-refractivity contribution is 7.07. The van der Waals surface area contributed by atoms with Gasteiger partial charge in [-0.05, 0) is 53.4 Å². The topological polar surface area (TPSA) is 38.3 Å². The lowest BCUT2D eigenvalue weighted by molar-refractivity contribution is -0.121. The van der Waals surface area contributed by atoms with Gasteiger partial charge in [-0.25, -0.2) is 0 Å². The smallest absolute Gasteiger partial charge is 0.387 e. The van der Waals surface area contributed by atoms with Crippen LogP contribution in [0.2, 0.25) is 0 Å². The SMILES string of the molecule is C[C@@H](NC(=O)CCc1ccsc1)c1cccc(OC(F)F)c1. The highest BCUT2D eigenvalue weighted by Gasteiger charge is 2.12. The molecule has 1 atom stereocenters. The Morgan fingerprint density at radius 1 is 1.36 bits per heavy atom. The third-order valence-electron chi connectivity index (χ3n) is 3.18. The van der Waals surface area contributed by atoms with Crippen LogP contribution in [0.1, 0.15) is 30.5 Å². The molecule has 0 fully saturated rings. The molecule has 3 nitrogen and oxygen atoms in total. The Morgan fingerprint density at radius 2 is 2.18 bits per heavy atom. The van der Waals surface area contributed by atoms with E-state index in [2.05, 4.69) is 10.1 Å². The van der Waals surface area contributed by atoms with Crippen molar-refractivity contribution < 1.29 is 18.3 Å². The lowest BCUT2D eigenvalue weighted by Gasteiger charge is -2.15. The van der Waals surface area contributed by atoms with Crippen molar-refractivity contribution in [3.05, 3.63) is 52.2 Å². The molecule has 1 N–H and O–H groups in total. The zero-order valence-corrected chi connectivity index (χ0v) is 12.9. The summed E-state index contributed by atoms with van der Waals surface area (Å²) in [6, 6.07) is 8.09. The van der Waals surface area contributed by atoms with Crippen LogP contribution in [0.3, 0.4) is 0 Å². The first-order valence-corrected chi connectivity index (χ1v) is 7.84. The van der Waals surface area contributed by atoms with Crippen LogP contribution in [0.5, 0.6) is 5.75 Å². The molecule has 0 saturated carbocycles. The zero-order chi connectivity index (χ0) is 15.9. The lowest BCUT2D eigenvalue weighted by atomic mass is 10.1. The van der Waals surface area contributed by atoms with E-state index >= 15 is 0 Å². The largest absolute Gasteiger partial charge is 0.435 e. The summed E-state index contributed by atoms with van der Waals surface area (Å²) in [5.74, 6) is 0.0192. The van der Waals surface area contributed by atoms with Crippen molar-refractivity contribution in [1.29, 1.82) is 0 Å². The van der Waals surface area contributed by atoms with Crippen LogP contribution >= 0.6 is 11.3 Å². The van der Waals surface area contributed by atoms with Crippen molar-refractivity contribution in [3.8, 4) is 5.75 Å². The summed E-state index contributed by atoms with van der Waals surface area (Å²) in [4.78, 5) is 11.9. The summed E-state index contributed by atoms with van der Waals surface area (Å²) < 4.78 is 28.8. The van der Waals surface area contributed by atoms with Gasteiger partial charge in [0.15, 0.2) is 0 Å². The van der Waals surface area contributed by atoms with Crippen molar-refractivity contribution in [2.24, 2.45) is 0 Å². The fraction of sp³-hybridized carbons (Fsp3) is 0.312. The molecule has 2 rings (SSSR count). The predicted octanol–water partition coefficient (Wildman–Crippen LogP) is 4.16. The average Bonchev–Trinajstić information content (AvgIpc) is 2.98. The van der Waals surface area contributed by atoms with E-state index < -0.39 is 6.61 Å². The molecule has 0 aliphatic carbocycles. The quantitative estimate of drug-likeness (QED) is 0.830. The molecule has 2 aromatic rings. The first kappa shape index (κ1) is 16.4. The molecule has 1 amide bonds. The van der Waals surface area contributed by atoms with Crippen molar-refractivity contribution in [2.45, 2.75) is 32.4 Å². The molecule has 6 heteroatoms. The van der Waals surface area contributed by atoms with E-state index in [1.165, 1.54) is 12.1 Å². The van der Waals surface area contributed by atoms with Gasteiger partial charge in [-0.2, -0.15) is 20.1 Å². The van der Waals surface area contributed by atoms with Gasteiger partial charge in [-0.1, -0.05) is 12.1 Å². The summed E-state index contributed by atoms with van der Waals surface area (Å²) in [6.07, 6.45) is 1.09. The number of amides is 1. The van der Waals surface area contributed by atoms with Crippen LogP contribution in [0.15, 0.2) is 41.1 Å². The van der Waals surface area contributed by atoms with Gasteiger partial charge in [0.05, 0.1) is 6.04 Å². The van der Waals surface area contributed by atoms with Crippen LogP contribution in [0.4, 0.5) is 8.78 Å². The second-order valence-electron chi connectivity index (χ2n) is 4.87. The number of ether oxygens (including phenoxy) is 1. The van der Waals surface area contributed by atoms with Gasteiger partial charge in [0.1, 0.15) is 5.75 Å². The Bertz CT molecular complexity index is 602. The number of thiophene rings is 1. The molecule has 1 aromatic carbocycles. The number of alkyl halides is 2. The second kappa shape index (κ2) is 7.89. The number of rotatable bonds is 7. The lowest BCUT2D eigenvalue weighted by Crippen LogP contribution is -2.26. The minimum Gasteiger partial charge on any atom is -0.435 e. The van der Waals surface area contributed by atoms with Gasteiger partial charge >= 0.3 is 6.61 Å². The predicted molar refractivity (Wildman–Crippen MR) is 82.3 cm³/mol. The van der Waals surface area contributed by atoms with Gasteiger partial charge in [-0.15, -0.1) is 0 Å². The summed E-state index contributed by atoms with van der Waals surface area (Å²) in [5.41, 5.74) is 1.86. The Hall–Kier alpha value is -1.95. The van der Waals surface area contributed by atoms with Gasteiger partial charge in [0.2, 0.25) is 5.91 Å². The number of hydrogen-bond acceptors (Lipinski definition) is 3. The standard InChI is InChI=1S/C16H17F2NO2S/c1-11(13-3-2-4-14(9-13)21-16(17)18)19-15(20)6-5-12-7-8-22-10-12/h2-4,7-11,16H,5-6H2,1H3,(H,19,20)/t11-/m1/s1. The summed E-state index contributed by atoms with van der Waals surface area (Å²) in [5, 5.41) is 6.85. The van der Waals surface area contributed by atoms with Crippen LogP contribution in [-0.4, -0.2) is 12.5 Å². The highest BCUT2D eigenvalue weighted by atomic mass is 32.1. The highest BCUT2D eigenvalue weighted by Crippen LogP contribution is 2.20. The van der Waals surface area contributed by atoms with Gasteiger partial charge in [0, 0.05) is 6.42 Å². The third kappa shape index (κ3) is 5.11. The Kier molecular flexibility index (Phi) is 5.89. The van der Waals surface area contributed by atoms with E-state index in [-0.39, 0.29) is 17.7 Å². The second-order valence-corrected chi connectivity index (χ2v) is 5.65.